The number of carbonyl (C=O) groups excluding carboxylic acids is 2. The third-order valence-electron chi connectivity index (χ3n) is 3.93. The van der Waals surface area contributed by atoms with Crippen LogP contribution in [0, 0.1) is 4.77 Å². The van der Waals surface area contributed by atoms with Gasteiger partial charge in [0.25, 0.3) is 11.5 Å². The van der Waals surface area contributed by atoms with Crippen LogP contribution in [0.3, 0.4) is 0 Å². The lowest BCUT2D eigenvalue weighted by Crippen LogP contribution is -2.19. The maximum Gasteiger partial charge on any atom is 0.337 e. The molecule has 0 saturated heterocycles. The Morgan fingerprint density at radius 3 is 2.42 bits per heavy atom. The van der Waals surface area contributed by atoms with Crippen molar-refractivity contribution in [2.24, 2.45) is 7.05 Å². The molecule has 0 aliphatic rings. The van der Waals surface area contributed by atoms with Gasteiger partial charge >= 0.3 is 5.97 Å². The van der Waals surface area contributed by atoms with E-state index < -0.39 is 5.97 Å². The molecule has 2 aromatic carbocycles. The van der Waals surface area contributed by atoms with Gasteiger partial charge < -0.3 is 15.0 Å². The van der Waals surface area contributed by atoms with Crippen LogP contribution in [0.1, 0.15) is 20.7 Å². The molecular formula is C18H15N3O4S. The Balaban J connectivity index is 1.88. The van der Waals surface area contributed by atoms with Gasteiger partial charge in [0.2, 0.25) is 0 Å². The molecule has 3 rings (SSSR count). The first-order valence-electron chi connectivity index (χ1n) is 7.63. The third kappa shape index (κ3) is 3.27. The number of carbonyl (C=O) groups is 2. The number of anilines is 1. The lowest BCUT2D eigenvalue weighted by atomic mass is 10.1. The number of esters is 1. The highest BCUT2D eigenvalue weighted by Gasteiger charge is 2.11. The van der Waals surface area contributed by atoms with Gasteiger partial charge in [-0.05, 0) is 54.7 Å². The van der Waals surface area contributed by atoms with Crippen LogP contribution in [-0.2, 0) is 11.8 Å². The number of aromatic nitrogens is 2. The van der Waals surface area contributed by atoms with E-state index in [9.17, 15) is 14.4 Å². The number of nitrogens with one attached hydrogen (secondary N) is 2. The molecule has 0 fully saturated rings. The molecule has 0 unspecified atom stereocenters. The second-order valence-corrected chi connectivity index (χ2v) is 5.96. The molecule has 2 N–H and O–H groups in total. The van der Waals surface area contributed by atoms with E-state index in [0.717, 1.165) is 0 Å². The van der Waals surface area contributed by atoms with Gasteiger partial charge in [-0.1, -0.05) is 0 Å². The van der Waals surface area contributed by atoms with Crippen LogP contribution in [0.5, 0.6) is 0 Å². The van der Waals surface area contributed by atoms with E-state index in [0.29, 0.717) is 27.7 Å². The van der Waals surface area contributed by atoms with Crippen molar-refractivity contribution in [3.8, 4) is 0 Å². The Bertz CT molecular complexity index is 1130. The Labute approximate surface area is 153 Å². The van der Waals surface area contributed by atoms with Crippen molar-refractivity contribution in [3.05, 3.63) is 68.7 Å². The molecule has 26 heavy (non-hydrogen) atoms. The van der Waals surface area contributed by atoms with Crippen molar-refractivity contribution in [3.63, 3.8) is 0 Å². The SMILES string of the molecule is COC(=O)c1ccc(NC(=O)c2ccc3c(=O)n(C)c(=S)[nH]c3c2)cc1. The summed E-state index contributed by atoms with van der Waals surface area (Å²) >= 11 is 5.09. The number of rotatable bonds is 3. The van der Waals surface area contributed by atoms with Crippen LogP contribution in [0.4, 0.5) is 5.69 Å². The molecule has 0 spiro atoms. The molecule has 132 valence electrons. The highest BCUT2D eigenvalue weighted by atomic mass is 32.1. The highest BCUT2D eigenvalue weighted by Crippen LogP contribution is 2.15. The van der Waals surface area contributed by atoms with E-state index in [1.807, 2.05) is 0 Å². The highest BCUT2D eigenvalue weighted by molar-refractivity contribution is 7.71. The third-order valence-corrected chi connectivity index (χ3v) is 4.30. The van der Waals surface area contributed by atoms with E-state index in [2.05, 4.69) is 15.0 Å². The summed E-state index contributed by atoms with van der Waals surface area (Å²) in [6, 6.07) is 11.1. The lowest BCUT2D eigenvalue weighted by Gasteiger charge is -2.08. The smallest absolute Gasteiger partial charge is 0.337 e. The van der Waals surface area contributed by atoms with Crippen LogP contribution in [0.2, 0.25) is 0 Å². The number of aromatic amines is 1. The van der Waals surface area contributed by atoms with Crippen molar-refractivity contribution >= 4 is 40.7 Å². The first-order valence-corrected chi connectivity index (χ1v) is 8.04. The van der Waals surface area contributed by atoms with Crippen molar-refractivity contribution in [1.82, 2.24) is 9.55 Å². The van der Waals surface area contributed by atoms with Crippen LogP contribution < -0.4 is 10.9 Å². The lowest BCUT2D eigenvalue weighted by molar-refractivity contribution is 0.0600. The average molecular weight is 369 g/mol. The summed E-state index contributed by atoms with van der Waals surface area (Å²) in [7, 11) is 2.88. The van der Waals surface area contributed by atoms with Crippen molar-refractivity contribution in [1.29, 1.82) is 0 Å². The first kappa shape index (κ1) is 17.6. The maximum atomic E-state index is 12.4. The number of H-pyrrole nitrogens is 1. The number of amides is 1. The van der Waals surface area contributed by atoms with Gasteiger partial charge in [0.15, 0.2) is 4.77 Å². The van der Waals surface area contributed by atoms with E-state index in [1.54, 1.807) is 49.5 Å². The fraction of sp³-hybridized carbons (Fsp3) is 0.111. The van der Waals surface area contributed by atoms with Gasteiger partial charge in [-0.25, -0.2) is 4.79 Å². The van der Waals surface area contributed by atoms with E-state index in [4.69, 9.17) is 12.2 Å². The molecule has 3 aromatic rings. The summed E-state index contributed by atoms with van der Waals surface area (Å²) in [5.74, 6) is -0.799. The Morgan fingerprint density at radius 1 is 1.12 bits per heavy atom. The van der Waals surface area contributed by atoms with Gasteiger partial charge in [0, 0.05) is 18.3 Å². The monoisotopic (exact) mass is 369 g/mol. The fourth-order valence-corrected chi connectivity index (χ4v) is 2.65. The number of fused-ring (bicyclic) bond motifs is 1. The standard InChI is InChI=1S/C18H15N3O4S/c1-21-16(23)13-8-5-11(9-14(13)20-18(21)26)15(22)19-12-6-3-10(4-7-12)17(24)25-2/h3-9H,1-2H3,(H,19,22)(H,20,26). The molecular weight excluding hydrogens is 354 g/mol. The largest absolute Gasteiger partial charge is 0.465 e. The molecule has 7 nitrogen and oxygen atoms in total. The molecule has 0 radical (unpaired) electrons. The first-order chi connectivity index (χ1) is 12.4. The van der Waals surface area contributed by atoms with Gasteiger partial charge in [-0.3, -0.25) is 14.2 Å². The predicted molar refractivity (Wildman–Crippen MR) is 100 cm³/mol. The number of methoxy groups -OCH3 is 1. The molecule has 1 aromatic heterocycles. The number of benzene rings is 2. The Hall–Kier alpha value is -3.26. The summed E-state index contributed by atoms with van der Waals surface area (Å²) in [5.41, 5.74) is 1.55. The molecule has 0 bridgehead atoms. The molecule has 0 aliphatic carbocycles. The summed E-state index contributed by atoms with van der Waals surface area (Å²) in [6.07, 6.45) is 0. The van der Waals surface area contributed by atoms with E-state index >= 15 is 0 Å². The molecule has 1 heterocycles. The van der Waals surface area contributed by atoms with Crippen LogP contribution in [-0.4, -0.2) is 28.5 Å². The Morgan fingerprint density at radius 2 is 1.77 bits per heavy atom. The van der Waals surface area contributed by atoms with Crippen LogP contribution in [0.25, 0.3) is 10.9 Å². The minimum Gasteiger partial charge on any atom is -0.465 e. The molecule has 0 aliphatic heterocycles. The van der Waals surface area contributed by atoms with Crippen LogP contribution >= 0.6 is 12.2 Å². The minimum atomic E-state index is -0.450. The molecule has 0 saturated carbocycles. The van der Waals surface area contributed by atoms with Gasteiger partial charge in [0.05, 0.1) is 23.6 Å². The summed E-state index contributed by atoms with van der Waals surface area (Å²) in [6.45, 7) is 0. The zero-order chi connectivity index (χ0) is 18.8. The molecule has 0 atom stereocenters. The summed E-state index contributed by atoms with van der Waals surface area (Å²) in [5, 5.41) is 3.18. The van der Waals surface area contributed by atoms with Crippen molar-refractivity contribution < 1.29 is 14.3 Å². The minimum absolute atomic E-state index is 0.228. The summed E-state index contributed by atoms with van der Waals surface area (Å²) in [4.78, 5) is 39.0. The number of hydrogen-bond acceptors (Lipinski definition) is 5. The van der Waals surface area contributed by atoms with Crippen molar-refractivity contribution in [2.75, 3.05) is 12.4 Å². The van der Waals surface area contributed by atoms with E-state index in [-0.39, 0.29) is 16.2 Å². The maximum absolute atomic E-state index is 12.4. The predicted octanol–water partition coefficient (Wildman–Crippen LogP) is 2.63. The Kier molecular flexibility index (Phi) is 4.68. The number of hydrogen-bond donors (Lipinski definition) is 2. The zero-order valence-corrected chi connectivity index (χ0v) is 14.8. The van der Waals surface area contributed by atoms with Crippen molar-refractivity contribution in [2.45, 2.75) is 0 Å². The summed E-state index contributed by atoms with van der Waals surface area (Å²) < 4.78 is 6.24. The second-order valence-electron chi connectivity index (χ2n) is 5.58. The number of ether oxygens (including phenoxy) is 1. The van der Waals surface area contributed by atoms with E-state index in [1.165, 1.54) is 11.7 Å². The zero-order valence-electron chi connectivity index (χ0n) is 14.0. The number of nitrogens with zero attached hydrogens (tertiary/aromatic N) is 1. The molecule has 8 heteroatoms. The second kappa shape index (κ2) is 6.93. The van der Waals surface area contributed by atoms with Crippen LogP contribution in [0.15, 0.2) is 47.3 Å². The van der Waals surface area contributed by atoms with Gasteiger partial charge in [0.1, 0.15) is 0 Å². The molecule has 1 amide bonds. The quantitative estimate of drug-likeness (QED) is 0.547. The topological polar surface area (TPSA) is 93.2 Å². The van der Waals surface area contributed by atoms with Gasteiger partial charge in [-0.15, -0.1) is 0 Å². The average Bonchev–Trinajstić information content (AvgIpc) is 2.65. The van der Waals surface area contributed by atoms with Gasteiger partial charge in [-0.2, -0.15) is 0 Å². The fourth-order valence-electron chi connectivity index (χ4n) is 2.46. The normalized spacial score (nSPS) is 10.5.